The van der Waals surface area contributed by atoms with Crippen LogP contribution in [-0.4, -0.2) is 31.1 Å². The fraction of sp³-hybridized carbons (Fsp3) is 0.0870. The lowest BCUT2D eigenvalue weighted by Gasteiger charge is -2.10. The van der Waals surface area contributed by atoms with Crippen molar-refractivity contribution >= 4 is 23.3 Å². The highest BCUT2D eigenvalue weighted by molar-refractivity contribution is 6.14. The van der Waals surface area contributed by atoms with Crippen molar-refractivity contribution in [2.45, 2.75) is 0 Å². The molecule has 1 amide bonds. The summed E-state index contributed by atoms with van der Waals surface area (Å²) in [6, 6.07) is 19.9. The predicted molar refractivity (Wildman–Crippen MR) is 108 cm³/mol. The van der Waals surface area contributed by atoms with Crippen molar-refractivity contribution in [1.82, 2.24) is 0 Å². The third kappa shape index (κ3) is 4.15. The molecule has 0 bridgehead atoms. The molecule has 1 aliphatic rings. The highest BCUT2D eigenvalue weighted by atomic mass is 16.7. The monoisotopic (exact) mass is 403 g/mol. The summed E-state index contributed by atoms with van der Waals surface area (Å²) in [6.45, 7) is -0.368. The van der Waals surface area contributed by atoms with E-state index in [0.717, 1.165) is 0 Å². The van der Waals surface area contributed by atoms with Crippen LogP contribution in [0.3, 0.4) is 0 Å². The van der Waals surface area contributed by atoms with Crippen LogP contribution in [-0.2, 0) is 9.53 Å². The Hall–Kier alpha value is -4.13. The fourth-order valence-corrected chi connectivity index (χ4v) is 2.98. The van der Waals surface area contributed by atoms with Crippen molar-refractivity contribution in [3.05, 3.63) is 89.5 Å². The summed E-state index contributed by atoms with van der Waals surface area (Å²) in [5, 5.41) is 2.62. The number of amides is 1. The van der Waals surface area contributed by atoms with Crippen LogP contribution in [0.1, 0.15) is 26.3 Å². The summed E-state index contributed by atoms with van der Waals surface area (Å²) in [5.41, 5.74) is 1.25. The maximum absolute atomic E-state index is 12.7. The minimum Gasteiger partial charge on any atom is -0.454 e. The van der Waals surface area contributed by atoms with Crippen molar-refractivity contribution in [2.24, 2.45) is 0 Å². The van der Waals surface area contributed by atoms with Gasteiger partial charge in [0, 0.05) is 22.9 Å². The highest BCUT2D eigenvalue weighted by Gasteiger charge is 2.20. The Morgan fingerprint density at radius 3 is 2.33 bits per heavy atom. The van der Waals surface area contributed by atoms with Gasteiger partial charge in [-0.3, -0.25) is 9.59 Å². The Balaban J connectivity index is 1.41. The number of nitrogens with one attached hydrogen (secondary N) is 1. The standard InChI is InChI=1S/C23H17NO6/c25-21(24-16-10-11-19-20(12-16)30-14-29-19)13-28-23(27)18-9-5-4-8-17(18)22(26)15-6-2-1-3-7-15/h1-12H,13-14H2,(H,24,25). The number of esters is 1. The SMILES string of the molecule is O=C(COC(=O)c1ccccc1C(=O)c1ccccc1)Nc1ccc2c(c1)OCO2. The van der Waals surface area contributed by atoms with Crippen molar-refractivity contribution in [1.29, 1.82) is 0 Å². The lowest BCUT2D eigenvalue weighted by atomic mass is 9.98. The smallest absolute Gasteiger partial charge is 0.339 e. The summed E-state index contributed by atoms with van der Waals surface area (Å²) in [5.74, 6) is -0.449. The van der Waals surface area contributed by atoms with Gasteiger partial charge in [-0.05, 0) is 18.2 Å². The van der Waals surface area contributed by atoms with Gasteiger partial charge in [-0.25, -0.2) is 4.79 Å². The fourth-order valence-electron chi connectivity index (χ4n) is 2.98. The van der Waals surface area contributed by atoms with Crippen LogP contribution in [0.15, 0.2) is 72.8 Å². The van der Waals surface area contributed by atoms with Crippen LogP contribution in [0, 0.1) is 0 Å². The summed E-state index contributed by atoms with van der Waals surface area (Å²) in [7, 11) is 0. The van der Waals surface area contributed by atoms with E-state index in [1.165, 1.54) is 6.07 Å². The number of carbonyl (C=O) groups is 3. The average Bonchev–Trinajstić information content (AvgIpc) is 3.25. The molecule has 150 valence electrons. The van der Waals surface area contributed by atoms with E-state index in [1.54, 1.807) is 66.7 Å². The average molecular weight is 403 g/mol. The van der Waals surface area contributed by atoms with Crippen molar-refractivity contribution < 1.29 is 28.6 Å². The first kappa shape index (κ1) is 19.2. The zero-order valence-corrected chi connectivity index (χ0v) is 15.8. The molecular weight excluding hydrogens is 386 g/mol. The van der Waals surface area contributed by atoms with E-state index in [1.807, 2.05) is 0 Å². The normalized spacial score (nSPS) is 11.6. The van der Waals surface area contributed by atoms with Gasteiger partial charge in [0.15, 0.2) is 23.9 Å². The van der Waals surface area contributed by atoms with Gasteiger partial charge in [-0.15, -0.1) is 0 Å². The second kappa shape index (κ2) is 8.48. The van der Waals surface area contributed by atoms with Gasteiger partial charge < -0.3 is 19.5 Å². The molecule has 0 fully saturated rings. The first-order valence-corrected chi connectivity index (χ1v) is 9.17. The Bertz CT molecular complexity index is 1110. The van der Waals surface area contributed by atoms with E-state index in [4.69, 9.17) is 14.2 Å². The molecule has 0 saturated carbocycles. The van der Waals surface area contributed by atoms with Crippen LogP contribution in [0.25, 0.3) is 0 Å². The van der Waals surface area contributed by atoms with E-state index in [9.17, 15) is 14.4 Å². The van der Waals surface area contributed by atoms with Crippen LogP contribution in [0.4, 0.5) is 5.69 Å². The van der Waals surface area contributed by atoms with Crippen molar-refractivity contribution in [2.75, 3.05) is 18.7 Å². The zero-order valence-electron chi connectivity index (χ0n) is 15.8. The van der Waals surface area contributed by atoms with Gasteiger partial charge in [0.2, 0.25) is 6.79 Å². The predicted octanol–water partition coefficient (Wildman–Crippen LogP) is 3.44. The quantitative estimate of drug-likeness (QED) is 0.501. The number of hydrogen-bond acceptors (Lipinski definition) is 6. The van der Waals surface area contributed by atoms with E-state index in [-0.39, 0.29) is 23.7 Å². The van der Waals surface area contributed by atoms with E-state index >= 15 is 0 Å². The Kier molecular flexibility index (Phi) is 5.43. The molecule has 7 nitrogen and oxygen atoms in total. The molecule has 7 heteroatoms. The molecule has 3 aromatic carbocycles. The second-order valence-electron chi connectivity index (χ2n) is 6.43. The van der Waals surface area contributed by atoms with Gasteiger partial charge >= 0.3 is 5.97 Å². The lowest BCUT2D eigenvalue weighted by molar-refractivity contribution is -0.119. The first-order chi connectivity index (χ1) is 14.6. The van der Waals surface area contributed by atoms with Gasteiger partial charge in [0.1, 0.15) is 0 Å². The molecule has 4 rings (SSSR count). The second-order valence-corrected chi connectivity index (χ2v) is 6.43. The van der Waals surface area contributed by atoms with Crippen LogP contribution in [0.5, 0.6) is 11.5 Å². The molecule has 30 heavy (non-hydrogen) atoms. The highest BCUT2D eigenvalue weighted by Crippen LogP contribution is 2.34. The van der Waals surface area contributed by atoms with Gasteiger partial charge in [-0.1, -0.05) is 48.5 Å². The number of ketones is 1. The molecule has 0 spiro atoms. The first-order valence-electron chi connectivity index (χ1n) is 9.17. The molecule has 0 unspecified atom stereocenters. The maximum atomic E-state index is 12.7. The Morgan fingerprint density at radius 2 is 1.53 bits per heavy atom. The lowest BCUT2D eigenvalue weighted by Crippen LogP contribution is -2.22. The number of benzene rings is 3. The van der Waals surface area contributed by atoms with Crippen molar-refractivity contribution in [3.63, 3.8) is 0 Å². The number of hydrogen-bond donors (Lipinski definition) is 1. The van der Waals surface area contributed by atoms with Gasteiger partial charge in [0.25, 0.3) is 5.91 Å². The summed E-state index contributed by atoms with van der Waals surface area (Å²) in [4.78, 5) is 37.4. The summed E-state index contributed by atoms with van der Waals surface area (Å²) in [6.07, 6.45) is 0. The maximum Gasteiger partial charge on any atom is 0.339 e. The number of rotatable bonds is 6. The molecule has 0 saturated heterocycles. The minimum absolute atomic E-state index is 0.0993. The van der Waals surface area contributed by atoms with Crippen LogP contribution in [0.2, 0.25) is 0 Å². The van der Waals surface area contributed by atoms with Crippen LogP contribution < -0.4 is 14.8 Å². The largest absolute Gasteiger partial charge is 0.454 e. The molecule has 0 aliphatic carbocycles. The Labute approximate surface area is 172 Å². The van der Waals surface area contributed by atoms with E-state index < -0.39 is 18.5 Å². The topological polar surface area (TPSA) is 90.9 Å². The molecule has 1 aliphatic heterocycles. The Morgan fingerprint density at radius 1 is 0.833 bits per heavy atom. The van der Waals surface area contributed by atoms with E-state index in [2.05, 4.69) is 5.32 Å². The summed E-state index contributed by atoms with van der Waals surface area (Å²) >= 11 is 0. The van der Waals surface area contributed by atoms with Gasteiger partial charge in [0.05, 0.1) is 5.56 Å². The number of fused-ring (bicyclic) bond motifs is 1. The third-order valence-corrected chi connectivity index (χ3v) is 4.42. The van der Waals surface area contributed by atoms with Crippen LogP contribution >= 0.6 is 0 Å². The summed E-state index contributed by atoms with van der Waals surface area (Å²) < 4.78 is 15.6. The molecular formula is C23H17NO6. The molecule has 1 N–H and O–H groups in total. The molecule has 1 heterocycles. The van der Waals surface area contributed by atoms with Gasteiger partial charge in [-0.2, -0.15) is 0 Å². The third-order valence-electron chi connectivity index (χ3n) is 4.42. The zero-order chi connectivity index (χ0) is 20.9. The minimum atomic E-state index is -0.754. The molecule has 3 aromatic rings. The molecule has 0 atom stereocenters. The number of anilines is 1. The number of ether oxygens (including phenoxy) is 3. The molecule has 0 aromatic heterocycles. The number of carbonyl (C=O) groups excluding carboxylic acids is 3. The van der Waals surface area contributed by atoms with Crippen molar-refractivity contribution in [3.8, 4) is 11.5 Å². The van der Waals surface area contributed by atoms with E-state index in [0.29, 0.717) is 22.7 Å². The molecule has 0 radical (unpaired) electrons.